The van der Waals surface area contributed by atoms with E-state index in [9.17, 15) is 0 Å². The molecule has 0 spiro atoms. The molecule has 196 valence electrons. The van der Waals surface area contributed by atoms with Gasteiger partial charge in [0.2, 0.25) is 0 Å². The van der Waals surface area contributed by atoms with Crippen molar-refractivity contribution in [1.82, 2.24) is 14.9 Å². The minimum Gasteiger partial charge on any atom is -0.467 e. The van der Waals surface area contributed by atoms with Crippen LogP contribution in [0.3, 0.4) is 0 Å². The highest BCUT2D eigenvalue weighted by Crippen LogP contribution is 2.43. The monoisotopic (exact) mass is 545 g/mol. The number of nitrogens with zero attached hydrogens (tertiary/aromatic N) is 4. The molecule has 1 N–H and O–H groups in total. The van der Waals surface area contributed by atoms with E-state index in [1.54, 1.807) is 6.26 Å². The van der Waals surface area contributed by atoms with Gasteiger partial charge in [-0.05, 0) is 85.1 Å². The van der Waals surface area contributed by atoms with Crippen LogP contribution in [-0.2, 0) is 6.54 Å². The number of hydrogen-bond acceptors (Lipinski definition) is 4. The highest BCUT2D eigenvalue weighted by molar-refractivity contribution is 7.80. The molecular weight excluding hydrogens is 514 g/mol. The second-order valence-electron chi connectivity index (χ2n) is 10.6. The van der Waals surface area contributed by atoms with Gasteiger partial charge in [0, 0.05) is 36.9 Å². The topological polar surface area (TPSA) is 49.5 Å². The SMILES string of the molecule is C[C@@H]1C[C@H](C)CN(c2ccc(N3C(=S)N[C@H](c4ccccn4)[C@H]3c3cccn3Cc3ccco3)cc2Cl)C1. The number of thiocarbonyl (C=S) groups is 1. The largest absolute Gasteiger partial charge is 0.467 e. The van der Waals surface area contributed by atoms with E-state index in [4.69, 9.17) is 28.2 Å². The first-order chi connectivity index (χ1) is 18.5. The van der Waals surface area contributed by atoms with Crippen molar-refractivity contribution in [2.75, 3.05) is 22.9 Å². The Morgan fingerprint density at radius 1 is 1.05 bits per heavy atom. The first-order valence-electron chi connectivity index (χ1n) is 13.2. The maximum absolute atomic E-state index is 6.97. The second-order valence-corrected chi connectivity index (χ2v) is 11.4. The van der Waals surface area contributed by atoms with E-state index in [0.29, 0.717) is 23.5 Å². The van der Waals surface area contributed by atoms with Crippen LogP contribution in [0.25, 0.3) is 0 Å². The van der Waals surface area contributed by atoms with E-state index in [2.05, 4.69) is 75.0 Å². The first kappa shape index (κ1) is 25.0. The summed E-state index contributed by atoms with van der Waals surface area (Å²) in [5, 5.41) is 4.96. The van der Waals surface area contributed by atoms with E-state index < -0.39 is 0 Å². The van der Waals surface area contributed by atoms with Gasteiger partial charge < -0.3 is 24.1 Å². The van der Waals surface area contributed by atoms with E-state index in [-0.39, 0.29) is 12.1 Å². The summed E-state index contributed by atoms with van der Waals surface area (Å²) in [7, 11) is 0. The zero-order chi connectivity index (χ0) is 26.2. The fourth-order valence-corrected chi connectivity index (χ4v) is 6.75. The minimum atomic E-state index is -0.129. The number of anilines is 2. The Morgan fingerprint density at radius 2 is 1.89 bits per heavy atom. The third kappa shape index (κ3) is 4.81. The van der Waals surface area contributed by atoms with Crippen LogP contribution >= 0.6 is 23.8 Å². The Labute approximate surface area is 234 Å². The average molecular weight is 546 g/mol. The molecule has 38 heavy (non-hydrogen) atoms. The zero-order valence-electron chi connectivity index (χ0n) is 21.6. The van der Waals surface area contributed by atoms with Crippen molar-refractivity contribution in [3.05, 3.63) is 101 Å². The Hall–Kier alpha value is -3.29. The van der Waals surface area contributed by atoms with Crippen molar-refractivity contribution in [3.63, 3.8) is 0 Å². The lowest BCUT2D eigenvalue weighted by molar-refractivity contribution is 0.357. The maximum atomic E-state index is 6.97. The summed E-state index contributed by atoms with van der Waals surface area (Å²) in [6.45, 7) is 7.32. The number of piperidine rings is 1. The molecule has 0 bridgehead atoms. The number of nitrogens with one attached hydrogen (secondary N) is 1. The van der Waals surface area contributed by atoms with Crippen LogP contribution in [0.1, 0.15) is 49.5 Å². The van der Waals surface area contributed by atoms with Gasteiger partial charge in [0.25, 0.3) is 0 Å². The van der Waals surface area contributed by atoms with Gasteiger partial charge >= 0.3 is 0 Å². The Bertz CT molecular complexity index is 1400. The van der Waals surface area contributed by atoms with Crippen LogP contribution in [0.5, 0.6) is 0 Å². The van der Waals surface area contributed by atoms with E-state index in [1.807, 2.05) is 36.5 Å². The number of benzene rings is 1. The van der Waals surface area contributed by atoms with Gasteiger partial charge in [-0.2, -0.15) is 0 Å². The lowest BCUT2D eigenvalue weighted by atomic mass is 9.91. The van der Waals surface area contributed by atoms with Crippen molar-refractivity contribution in [2.45, 2.75) is 38.9 Å². The Balaban J connectivity index is 1.39. The highest BCUT2D eigenvalue weighted by Gasteiger charge is 2.42. The minimum absolute atomic E-state index is 0.126. The summed E-state index contributed by atoms with van der Waals surface area (Å²) in [4.78, 5) is 9.29. The number of aromatic nitrogens is 2. The Morgan fingerprint density at radius 3 is 2.61 bits per heavy atom. The molecule has 0 unspecified atom stereocenters. The predicted octanol–water partition coefficient (Wildman–Crippen LogP) is 6.84. The number of rotatable bonds is 6. The van der Waals surface area contributed by atoms with Crippen LogP contribution in [0.2, 0.25) is 5.02 Å². The second kappa shape index (κ2) is 10.5. The normalized spacial score (nSPS) is 23.6. The van der Waals surface area contributed by atoms with Crippen LogP contribution in [-0.4, -0.2) is 27.8 Å². The van der Waals surface area contributed by atoms with Crippen molar-refractivity contribution in [2.24, 2.45) is 11.8 Å². The molecule has 3 aromatic heterocycles. The summed E-state index contributed by atoms with van der Waals surface area (Å²) in [6.07, 6.45) is 6.88. The van der Waals surface area contributed by atoms with Crippen LogP contribution in [0.15, 0.2) is 83.7 Å². The average Bonchev–Trinajstić information content (AvgIpc) is 3.65. The van der Waals surface area contributed by atoms with Gasteiger partial charge in [0.1, 0.15) is 11.8 Å². The molecule has 0 saturated carbocycles. The van der Waals surface area contributed by atoms with E-state index >= 15 is 0 Å². The Kier molecular flexibility index (Phi) is 6.89. The molecule has 6 rings (SSSR count). The molecule has 0 amide bonds. The van der Waals surface area contributed by atoms with Gasteiger partial charge in [-0.15, -0.1) is 0 Å². The highest BCUT2D eigenvalue weighted by atomic mass is 35.5. The number of hydrogen-bond donors (Lipinski definition) is 1. The van der Waals surface area contributed by atoms with Crippen LogP contribution < -0.4 is 15.1 Å². The number of pyridine rings is 1. The molecule has 6 nitrogen and oxygen atoms in total. The molecule has 2 aliphatic rings. The third-order valence-electron chi connectivity index (χ3n) is 7.59. The molecule has 1 aromatic carbocycles. The van der Waals surface area contributed by atoms with E-state index in [1.165, 1.54) is 6.42 Å². The summed E-state index contributed by atoms with van der Waals surface area (Å²) < 4.78 is 7.88. The molecule has 4 atom stereocenters. The zero-order valence-corrected chi connectivity index (χ0v) is 23.2. The van der Waals surface area contributed by atoms with Gasteiger partial charge in [-0.25, -0.2) is 0 Å². The van der Waals surface area contributed by atoms with Gasteiger partial charge in [0.15, 0.2) is 5.11 Å². The molecule has 0 aliphatic carbocycles. The fourth-order valence-electron chi connectivity index (χ4n) is 6.11. The molecule has 8 heteroatoms. The molecule has 5 heterocycles. The summed E-state index contributed by atoms with van der Waals surface area (Å²) in [5.41, 5.74) is 4.10. The summed E-state index contributed by atoms with van der Waals surface area (Å²) in [6, 6.07) is 20.2. The van der Waals surface area contributed by atoms with Crippen LogP contribution in [0, 0.1) is 11.8 Å². The number of furan rings is 1. The van der Waals surface area contributed by atoms with Crippen molar-refractivity contribution in [1.29, 1.82) is 0 Å². The third-order valence-corrected chi connectivity index (χ3v) is 8.21. The molecule has 2 fully saturated rings. The smallest absolute Gasteiger partial charge is 0.174 e. The molecular formula is C30H32ClN5OS. The van der Waals surface area contributed by atoms with Crippen molar-refractivity contribution in [3.8, 4) is 0 Å². The quantitative estimate of drug-likeness (QED) is 0.268. The van der Waals surface area contributed by atoms with Gasteiger partial charge in [-0.1, -0.05) is 31.5 Å². The fraction of sp³-hybridized carbons (Fsp3) is 0.333. The maximum Gasteiger partial charge on any atom is 0.174 e. The van der Waals surface area contributed by atoms with Crippen LogP contribution in [0.4, 0.5) is 11.4 Å². The standard InChI is InChI=1S/C30H32ClN5OS/c1-20-15-21(2)18-35(17-20)26-11-10-22(16-24(26)31)36-29(28(33-30(36)38)25-8-3-4-12-32-25)27-9-5-13-34(27)19-23-7-6-14-37-23/h3-14,16,20-21,28-29H,15,17-19H2,1-2H3,(H,33,38)/t20-,21+,28-,29-/m1/s1. The van der Waals surface area contributed by atoms with Gasteiger partial charge in [-0.3, -0.25) is 4.98 Å². The molecule has 4 aromatic rings. The lowest BCUT2D eigenvalue weighted by Gasteiger charge is -2.37. The van der Waals surface area contributed by atoms with Crippen molar-refractivity contribution >= 4 is 40.3 Å². The van der Waals surface area contributed by atoms with Crippen molar-refractivity contribution < 1.29 is 4.42 Å². The molecule has 2 aliphatic heterocycles. The van der Waals surface area contributed by atoms with Gasteiger partial charge in [0.05, 0.1) is 35.3 Å². The van der Waals surface area contributed by atoms with E-state index in [0.717, 1.165) is 46.6 Å². The first-order valence-corrected chi connectivity index (χ1v) is 14.0. The summed E-state index contributed by atoms with van der Waals surface area (Å²) in [5.74, 6) is 2.19. The lowest BCUT2D eigenvalue weighted by Crippen LogP contribution is -2.38. The molecule has 0 radical (unpaired) electrons. The predicted molar refractivity (Wildman–Crippen MR) is 157 cm³/mol. The summed E-state index contributed by atoms with van der Waals surface area (Å²) >= 11 is 12.9. The molecule has 2 saturated heterocycles. The number of halogens is 1.